The van der Waals surface area contributed by atoms with Gasteiger partial charge in [0.25, 0.3) is 5.91 Å². The van der Waals surface area contributed by atoms with Gasteiger partial charge < -0.3 is 15.1 Å². The molecule has 1 saturated heterocycles. The Bertz CT molecular complexity index is 626. The molecule has 0 atom stereocenters. The average molecular weight is 349 g/mol. The molecule has 0 unspecified atom stereocenters. The number of nitrogens with one attached hydrogen (secondary N) is 3. The smallest absolute Gasteiger partial charge is 0.280 e. The van der Waals surface area contributed by atoms with E-state index >= 15 is 0 Å². The van der Waals surface area contributed by atoms with E-state index in [1.165, 1.54) is 34.7 Å². The number of hydrogen-bond acceptors (Lipinski definition) is 3. The monoisotopic (exact) mass is 348 g/mol. The van der Waals surface area contributed by atoms with Crippen LogP contribution in [0, 0.1) is 11.3 Å². The number of quaternary nitrogens is 2. The Morgan fingerprint density at radius 3 is 2.62 bits per heavy atom. The normalized spacial score (nSPS) is 23.3. The second-order valence-corrected chi connectivity index (χ2v) is 8.11. The van der Waals surface area contributed by atoms with Gasteiger partial charge in [-0.05, 0) is 37.7 Å². The van der Waals surface area contributed by atoms with E-state index in [4.69, 9.17) is 0 Å². The Kier molecular flexibility index (Phi) is 5.88. The molecular weight excluding hydrogens is 320 g/mol. The molecule has 24 heavy (non-hydrogen) atoms. The lowest BCUT2D eigenvalue weighted by molar-refractivity contribution is -1.01. The van der Waals surface area contributed by atoms with Gasteiger partial charge in [0.1, 0.15) is 37.2 Å². The second kappa shape index (κ2) is 8.11. The van der Waals surface area contributed by atoms with E-state index in [-0.39, 0.29) is 5.91 Å². The van der Waals surface area contributed by atoms with Crippen LogP contribution in [0.3, 0.4) is 0 Å². The number of carbonyl (C=O) groups is 1. The number of rotatable bonds is 5. The molecule has 1 aromatic rings. The first-order valence-electron chi connectivity index (χ1n) is 9.23. The van der Waals surface area contributed by atoms with Gasteiger partial charge in [0, 0.05) is 4.88 Å². The molecular formula is C18H28N4OS+2. The Labute approximate surface area is 148 Å². The first-order valence-corrected chi connectivity index (χ1v) is 10.0. The predicted octanol–water partition coefficient (Wildman–Crippen LogP) is -0.370. The Morgan fingerprint density at radius 2 is 1.92 bits per heavy atom. The lowest BCUT2D eigenvalue weighted by Gasteiger charge is -2.29. The Hall–Kier alpha value is -1.42. The Balaban J connectivity index is 1.56. The zero-order valence-corrected chi connectivity index (χ0v) is 15.4. The van der Waals surface area contributed by atoms with E-state index in [2.05, 4.69) is 18.3 Å². The highest BCUT2D eigenvalue weighted by Gasteiger charge is 2.26. The number of carbonyl (C=O) groups excluding carboxylic acids is 1. The molecule has 1 aliphatic heterocycles. The summed E-state index contributed by atoms with van der Waals surface area (Å²) in [5, 5.41) is 13.3. The maximum Gasteiger partial charge on any atom is 0.280 e. The fraction of sp³-hybridized carbons (Fsp3) is 0.667. The zero-order valence-electron chi connectivity index (χ0n) is 14.5. The van der Waals surface area contributed by atoms with E-state index in [0.717, 1.165) is 56.0 Å². The third-order valence-corrected chi connectivity index (χ3v) is 6.42. The molecule has 6 heteroatoms. The third kappa shape index (κ3) is 3.97. The topological polar surface area (TPSA) is 61.8 Å². The number of nitrogens with zero attached hydrogens (tertiary/aromatic N) is 1. The molecule has 130 valence electrons. The zero-order chi connectivity index (χ0) is 16.9. The molecule has 3 N–H and O–H groups in total. The first-order chi connectivity index (χ1) is 11.7. The second-order valence-electron chi connectivity index (χ2n) is 7.00. The number of fused-ring (bicyclic) bond motifs is 1. The van der Waals surface area contributed by atoms with Gasteiger partial charge in [-0.3, -0.25) is 4.79 Å². The van der Waals surface area contributed by atoms with Crippen molar-refractivity contribution in [2.45, 2.75) is 39.0 Å². The molecule has 0 saturated carbocycles. The van der Waals surface area contributed by atoms with Crippen LogP contribution < -0.4 is 15.1 Å². The molecule has 2 aliphatic rings. The predicted molar refractivity (Wildman–Crippen MR) is 95.7 cm³/mol. The fourth-order valence-electron chi connectivity index (χ4n) is 3.91. The highest BCUT2D eigenvalue weighted by molar-refractivity contribution is 7.16. The molecule has 0 radical (unpaired) electrons. The fourth-order valence-corrected chi connectivity index (χ4v) is 5.16. The summed E-state index contributed by atoms with van der Waals surface area (Å²) in [6.07, 6.45) is 5.61. The van der Waals surface area contributed by atoms with Gasteiger partial charge in [0.2, 0.25) is 0 Å². The number of amides is 1. The highest BCUT2D eigenvalue weighted by Crippen LogP contribution is 2.37. The van der Waals surface area contributed by atoms with Crippen molar-refractivity contribution in [3.8, 4) is 6.07 Å². The molecule has 1 amide bonds. The van der Waals surface area contributed by atoms with E-state index in [0.29, 0.717) is 6.54 Å². The largest absolute Gasteiger partial charge is 0.326 e. The molecule has 3 rings (SSSR count). The van der Waals surface area contributed by atoms with Gasteiger partial charge in [-0.25, -0.2) is 0 Å². The van der Waals surface area contributed by atoms with Crippen LogP contribution >= 0.6 is 11.3 Å². The quantitative estimate of drug-likeness (QED) is 0.680. The molecule has 0 aromatic carbocycles. The van der Waals surface area contributed by atoms with Crippen LogP contribution in [0.5, 0.6) is 0 Å². The van der Waals surface area contributed by atoms with Crippen LogP contribution in [0.15, 0.2) is 0 Å². The number of thiophene rings is 1. The van der Waals surface area contributed by atoms with E-state index in [1.54, 1.807) is 16.2 Å². The molecule has 0 spiro atoms. The number of piperazine rings is 1. The summed E-state index contributed by atoms with van der Waals surface area (Å²) in [6, 6.07) is 2.32. The van der Waals surface area contributed by atoms with E-state index in [1.807, 2.05) is 0 Å². The summed E-state index contributed by atoms with van der Waals surface area (Å²) in [5.41, 5.74) is 1.91. The number of aryl methyl sites for hydroxylation is 1. The van der Waals surface area contributed by atoms with Crippen molar-refractivity contribution < 1.29 is 14.6 Å². The van der Waals surface area contributed by atoms with Gasteiger partial charge in [0.05, 0.1) is 12.1 Å². The average Bonchev–Trinajstić information content (AvgIpc) is 2.93. The van der Waals surface area contributed by atoms with Crippen molar-refractivity contribution in [2.75, 3.05) is 44.6 Å². The van der Waals surface area contributed by atoms with Crippen molar-refractivity contribution in [3.63, 3.8) is 0 Å². The minimum Gasteiger partial charge on any atom is -0.326 e. The maximum atomic E-state index is 12.4. The van der Waals surface area contributed by atoms with Crippen LogP contribution in [0.25, 0.3) is 0 Å². The summed E-state index contributed by atoms with van der Waals surface area (Å²) >= 11 is 1.62. The minimum absolute atomic E-state index is 0.0547. The summed E-state index contributed by atoms with van der Waals surface area (Å²) in [7, 11) is 0. The van der Waals surface area contributed by atoms with Crippen LogP contribution in [0.4, 0.5) is 5.00 Å². The van der Waals surface area contributed by atoms with E-state index < -0.39 is 0 Å². The summed E-state index contributed by atoms with van der Waals surface area (Å²) in [5.74, 6) is 0.0547. The SMILES string of the molecule is CCC[NH+]1CC[NH+](CC(=O)Nc2sc3c(c2C#N)CCCC3)CC1. The molecule has 0 bridgehead atoms. The van der Waals surface area contributed by atoms with Gasteiger partial charge in [-0.1, -0.05) is 6.92 Å². The van der Waals surface area contributed by atoms with Crippen LogP contribution in [-0.4, -0.2) is 45.2 Å². The van der Waals surface area contributed by atoms with Crippen molar-refractivity contribution in [3.05, 3.63) is 16.0 Å². The summed E-state index contributed by atoms with van der Waals surface area (Å²) in [4.78, 5) is 16.8. The maximum absolute atomic E-state index is 12.4. The number of anilines is 1. The summed E-state index contributed by atoms with van der Waals surface area (Å²) < 4.78 is 0. The minimum atomic E-state index is 0.0547. The summed E-state index contributed by atoms with van der Waals surface area (Å²) in [6.45, 7) is 8.44. The molecule has 1 aliphatic carbocycles. The standard InChI is InChI=1S/C18H26N4OS/c1-2-7-21-8-10-22(11-9-21)13-17(23)20-18-15(12-19)14-5-3-4-6-16(14)24-18/h2-11,13H2,1H3,(H,20,23)/p+2. The Morgan fingerprint density at radius 1 is 1.21 bits per heavy atom. The van der Waals surface area contributed by atoms with Gasteiger partial charge in [-0.15, -0.1) is 11.3 Å². The van der Waals surface area contributed by atoms with Crippen LogP contribution in [0.1, 0.15) is 42.2 Å². The van der Waals surface area contributed by atoms with E-state index in [9.17, 15) is 10.1 Å². The number of hydrogen-bond donors (Lipinski definition) is 3. The lowest BCUT2D eigenvalue weighted by Crippen LogP contribution is -3.28. The van der Waals surface area contributed by atoms with Crippen molar-refractivity contribution in [2.24, 2.45) is 0 Å². The van der Waals surface area contributed by atoms with Crippen LogP contribution in [0.2, 0.25) is 0 Å². The highest BCUT2D eigenvalue weighted by atomic mass is 32.1. The molecule has 5 nitrogen and oxygen atoms in total. The van der Waals surface area contributed by atoms with Gasteiger partial charge >= 0.3 is 0 Å². The van der Waals surface area contributed by atoms with Gasteiger partial charge in [0.15, 0.2) is 6.54 Å². The molecule has 1 fully saturated rings. The van der Waals surface area contributed by atoms with Crippen LogP contribution in [-0.2, 0) is 17.6 Å². The molecule has 2 heterocycles. The van der Waals surface area contributed by atoms with Crippen molar-refractivity contribution >= 4 is 22.2 Å². The van der Waals surface area contributed by atoms with Gasteiger partial charge in [-0.2, -0.15) is 5.26 Å². The molecule has 1 aromatic heterocycles. The van der Waals surface area contributed by atoms with Crippen molar-refractivity contribution in [1.82, 2.24) is 0 Å². The van der Waals surface area contributed by atoms with Crippen molar-refractivity contribution in [1.29, 1.82) is 5.26 Å². The number of nitriles is 1. The lowest BCUT2D eigenvalue weighted by atomic mass is 9.96. The first kappa shape index (κ1) is 17.4. The third-order valence-electron chi connectivity index (χ3n) is 5.21.